The lowest BCUT2D eigenvalue weighted by Crippen LogP contribution is -2.46. The van der Waals surface area contributed by atoms with E-state index in [9.17, 15) is 9.59 Å². The predicted octanol–water partition coefficient (Wildman–Crippen LogP) is 3.52. The minimum Gasteiger partial charge on any atom is -0.497 e. The largest absolute Gasteiger partial charge is 0.497 e. The summed E-state index contributed by atoms with van der Waals surface area (Å²) in [7, 11) is 1.61. The minimum absolute atomic E-state index is 0.224. The van der Waals surface area contributed by atoms with Gasteiger partial charge in [0, 0.05) is 38.4 Å². The Morgan fingerprint density at radius 1 is 0.853 bits per heavy atom. The van der Waals surface area contributed by atoms with Crippen molar-refractivity contribution in [3.8, 4) is 5.75 Å². The molecule has 0 unspecified atom stereocenters. The normalized spacial score (nSPS) is 16.2. The zero-order valence-corrected chi connectivity index (χ0v) is 19.5. The number of carbonyl (C=O) groups is 2. The Labute approximate surface area is 199 Å². The van der Waals surface area contributed by atoms with Crippen LogP contribution in [0.4, 0.5) is 5.69 Å². The van der Waals surface area contributed by atoms with Crippen molar-refractivity contribution in [1.29, 1.82) is 0 Å². The van der Waals surface area contributed by atoms with Crippen molar-refractivity contribution in [3.63, 3.8) is 0 Å². The zero-order chi connectivity index (χ0) is 23.7. The highest BCUT2D eigenvalue weighted by molar-refractivity contribution is 6.23. The molecule has 2 aromatic carbocycles. The molecular formula is C27H28N4O3. The van der Waals surface area contributed by atoms with Crippen LogP contribution in [0.3, 0.4) is 0 Å². The van der Waals surface area contributed by atoms with Gasteiger partial charge in [0.2, 0.25) is 0 Å². The van der Waals surface area contributed by atoms with Crippen molar-refractivity contribution in [2.75, 3.05) is 38.2 Å². The number of hydrogen-bond acceptors (Lipinski definition) is 6. The molecule has 34 heavy (non-hydrogen) atoms. The van der Waals surface area contributed by atoms with Gasteiger partial charge in [0.05, 0.1) is 36.2 Å². The van der Waals surface area contributed by atoms with E-state index in [-0.39, 0.29) is 18.4 Å². The molecule has 0 radical (unpaired) electrons. The summed E-state index contributed by atoms with van der Waals surface area (Å²) < 4.78 is 5.20. The average Bonchev–Trinajstić information content (AvgIpc) is 3.10. The number of carbonyl (C=O) groups excluding carboxylic acids is 2. The van der Waals surface area contributed by atoms with E-state index in [1.807, 2.05) is 55.5 Å². The van der Waals surface area contributed by atoms with Crippen LogP contribution in [0, 0.1) is 6.92 Å². The number of nitrogens with zero attached hydrogens (tertiary/aromatic N) is 4. The average molecular weight is 457 g/mol. The van der Waals surface area contributed by atoms with Gasteiger partial charge in [0.25, 0.3) is 11.8 Å². The number of imide groups is 1. The first-order chi connectivity index (χ1) is 16.5. The van der Waals surface area contributed by atoms with Gasteiger partial charge in [-0.2, -0.15) is 0 Å². The Morgan fingerprint density at radius 3 is 2.29 bits per heavy atom. The molecule has 3 heterocycles. The van der Waals surface area contributed by atoms with E-state index in [2.05, 4.69) is 20.9 Å². The number of amides is 2. The van der Waals surface area contributed by atoms with Crippen LogP contribution in [0.15, 0.2) is 60.7 Å². The molecule has 1 fully saturated rings. The minimum atomic E-state index is -0.234. The fourth-order valence-electron chi connectivity index (χ4n) is 4.70. The quantitative estimate of drug-likeness (QED) is 0.529. The van der Waals surface area contributed by atoms with Crippen molar-refractivity contribution in [1.82, 2.24) is 14.8 Å². The SMILES string of the molecule is COc1ccc(CN2C(=O)c3cccc(N4CCN(Cc5cccc(C)n5)CC4)c3C2=O)cc1. The molecule has 0 spiro atoms. The third-order valence-electron chi connectivity index (χ3n) is 6.52. The van der Waals surface area contributed by atoms with Crippen LogP contribution in [-0.4, -0.2) is 59.9 Å². The van der Waals surface area contributed by atoms with Gasteiger partial charge in [-0.15, -0.1) is 0 Å². The fourth-order valence-corrected chi connectivity index (χ4v) is 4.70. The lowest BCUT2D eigenvalue weighted by atomic mass is 10.1. The lowest BCUT2D eigenvalue weighted by Gasteiger charge is -2.36. The molecule has 1 aromatic heterocycles. The molecule has 0 atom stereocenters. The number of ether oxygens (including phenoxy) is 1. The molecular weight excluding hydrogens is 428 g/mol. The number of anilines is 1. The summed E-state index contributed by atoms with van der Waals surface area (Å²) in [5, 5.41) is 0. The maximum atomic E-state index is 13.4. The summed E-state index contributed by atoms with van der Waals surface area (Å²) in [6.07, 6.45) is 0. The van der Waals surface area contributed by atoms with Gasteiger partial charge in [0.1, 0.15) is 5.75 Å². The van der Waals surface area contributed by atoms with Crippen LogP contribution in [0.1, 0.15) is 37.7 Å². The molecule has 3 aromatic rings. The second kappa shape index (κ2) is 9.27. The number of rotatable bonds is 6. The van der Waals surface area contributed by atoms with E-state index in [1.54, 1.807) is 13.2 Å². The van der Waals surface area contributed by atoms with Crippen molar-refractivity contribution in [3.05, 3.63) is 88.7 Å². The first-order valence-corrected chi connectivity index (χ1v) is 11.6. The van der Waals surface area contributed by atoms with Crippen LogP contribution in [0.2, 0.25) is 0 Å². The molecule has 0 saturated carbocycles. The maximum Gasteiger partial charge on any atom is 0.263 e. The van der Waals surface area contributed by atoms with Crippen LogP contribution in [-0.2, 0) is 13.1 Å². The van der Waals surface area contributed by atoms with E-state index in [1.165, 1.54) is 4.90 Å². The summed E-state index contributed by atoms with van der Waals surface area (Å²) in [5.74, 6) is 0.283. The highest BCUT2D eigenvalue weighted by atomic mass is 16.5. The van der Waals surface area contributed by atoms with E-state index < -0.39 is 0 Å². The van der Waals surface area contributed by atoms with Gasteiger partial charge in [-0.1, -0.05) is 24.3 Å². The van der Waals surface area contributed by atoms with Crippen molar-refractivity contribution < 1.29 is 14.3 Å². The number of hydrogen-bond donors (Lipinski definition) is 0. The standard InChI is InChI=1S/C27H28N4O3/c1-19-5-3-6-21(28-19)18-29-13-15-30(16-14-29)24-8-4-7-23-25(24)27(33)31(26(23)32)17-20-9-11-22(34-2)12-10-20/h3-12H,13-18H2,1-2H3. The van der Waals surface area contributed by atoms with Gasteiger partial charge >= 0.3 is 0 Å². The van der Waals surface area contributed by atoms with Crippen LogP contribution < -0.4 is 9.64 Å². The van der Waals surface area contributed by atoms with Crippen molar-refractivity contribution in [2.24, 2.45) is 0 Å². The van der Waals surface area contributed by atoms with Gasteiger partial charge in [-0.3, -0.25) is 24.4 Å². The summed E-state index contributed by atoms with van der Waals surface area (Å²) in [5.41, 5.74) is 4.84. The van der Waals surface area contributed by atoms with Crippen LogP contribution >= 0.6 is 0 Å². The first kappa shape index (κ1) is 22.1. The summed E-state index contributed by atoms with van der Waals surface area (Å²) >= 11 is 0. The molecule has 1 saturated heterocycles. The number of benzene rings is 2. The fraction of sp³-hybridized carbons (Fsp3) is 0.296. The van der Waals surface area contributed by atoms with E-state index >= 15 is 0 Å². The number of methoxy groups -OCH3 is 1. The summed E-state index contributed by atoms with van der Waals surface area (Å²) in [6.45, 7) is 6.40. The monoisotopic (exact) mass is 456 g/mol. The number of piperazine rings is 1. The van der Waals surface area contributed by atoms with Gasteiger partial charge in [0.15, 0.2) is 0 Å². The number of fused-ring (bicyclic) bond motifs is 1. The highest BCUT2D eigenvalue weighted by Crippen LogP contribution is 2.33. The third-order valence-corrected chi connectivity index (χ3v) is 6.52. The topological polar surface area (TPSA) is 66.0 Å². The number of aryl methyl sites for hydroxylation is 1. The molecule has 7 heteroatoms. The molecule has 0 aliphatic carbocycles. The van der Waals surface area contributed by atoms with E-state index in [0.717, 1.165) is 61.1 Å². The van der Waals surface area contributed by atoms with Gasteiger partial charge in [-0.05, 0) is 48.9 Å². The van der Waals surface area contributed by atoms with E-state index in [0.29, 0.717) is 11.1 Å². The summed E-state index contributed by atoms with van der Waals surface area (Å²) in [6, 6.07) is 19.1. The summed E-state index contributed by atoms with van der Waals surface area (Å²) in [4.78, 5) is 37.0. The van der Waals surface area contributed by atoms with Crippen molar-refractivity contribution >= 4 is 17.5 Å². The number of aromatic nitrogens is 1. The Morgan fingerprint density at radius 2 is 1.59 bits per heavy atom. The molecule has 2 aliphatic heterocycles. The van der Waals surface area contributed by atoms with E-state index in [4.69, 9.17) is 4.74 Å². The molecule has 0 N–H and O–H groups in total. The second-order valence-corrected chi connectivity index (χ2v) is 8.78. The maximum absolute atomic E-state index is 13.4. The Bertz CT molecular complexity index is 1220. The highest BCUT2D eigenvalue weighted by Gasteiger charge is 2.38. The van der Waals surface area contributed by atoms with Crippen LogP contribution in [0.5, 0.6) is 5.75 Å². The Balaban J connectivity index is 1.30. The Kier molecular flexibility index (Phi) is 6.02. The van der Waals surface area contributed by atoms with Gasteiger partial charge in [-0.25, -0.2) is 0 Å². The van der Waals surface area contributed by atoms with Crippen molar-refractivity contribution in [2.45, 2.75) is 20.0 Å². The molecule has 0 bridgehead atoms. The lowest BCUT2D eigenvalue weighted by molar-refractivity contribution is 0.0642. The second-order valence-electron chi connectivity index (χ2n) is 8.78. The Hall–Kier alpha value is -3.71. The third kappa shape index (κ3) is 4.26. The molecule has 2 aliphatic rings. The number of pyridine rings is 1. The predicted molar refractivity (Wildman–Crippen MR) is 130 cm³/mol. The molecule has 174 valence electrons. The zero-order valence-electron chi connectivity index (χ0n) is 19.5. The molecule has 2 amide bonds. The molecule has 5 rings (SSSR count). The van der Waals surface area contributed by atoms with Gasteiger partial charge < -0.3 is 9.64 Å². The smallest absolute Gasteiger partial charge is 0.263 e. The molecule has 7 nitrogen and oxygen atoms in total. The van der Waals surface area contributed by atoms with Crippen LogP contribution in [0.25, 0.3) is 0 Å². The first-order valence-electron chi connectivity index (χ1n) is 11.6.